The summed E-state index contributed by atoms with van der Waals surface area (Å²) >= 11 is 0. The van der Waals surface area contributed by atoms with Gasteiger partial charge in [0.1, 0.15) is 5.75 Å². The number of halogens is 3. The molecule has 5 heteroatoms. The van der Waals surface area contributed by atoms with Gasteiger partial charge in [0.25, 0.3) is 0 Å². The van der Waals surface area contributed by atoms with E-state index in [-0.39, 0.29) is 5.75 Å². The molecule has 1 N–H and O–H groups in total. The first-order chi connectivity index (χ1) is 8.01. The highest BCUT2D eigenvalue weighted by Gasteiger charge is 2.31. The normalized spacial score (nSPS) is 11.3. The third-order valence-electron chi connectivity index (χ3n) is 2.18. The van der Waals surface area contributed by atoms with E-state index in [2.05, 4.69) is 17.0 Å². The number of alkyl halides is 3. The first-order valence-corrected chi connectivity index (χ1v) is 5.61. The van der Waals surface area contributed by atoms with Gasteiger partial charge in [-0.25, -0.2) is 0 Å². The number of hydrogen-bond donors (Lipinski definition) is 1. The van der Waals surface area contributed by atoms with Crippen LogP contribution in [0.15, 0.2) is 24.3 Å². The van der Waals surface area contributed by atoms with Crippen molar-refractivity contribution >= 4 is 5.69 Å². The lowest BCUT2D eigenvalue weighted by atomic mass is 10.2. The fourth-order valence-electron chi connectivity index (χ4n) is 1.41. The Hall–Kier alpha value is -1.39. The fourth-order valence-corrected chi connectivity index (χ4v) is 1.41. The summed E-state index contributed by atoms with van der Waals surface area (Å²) in [4.78, 5) is 0. The predicted molar refractivity (Wildman–Crippen MR) is 61.1 cm³/mol. The van der Waals surface area contributed by atoms with Crippen LogP contribution < -0.4 is 10.1 Å². The maximum absolute atomic E-state index is 12.0. The molecule has 17 heavy (non-hydrogen) atoms. The van der Waals surface area contributed by atoms with Gasteiger partial charge in [0.2, 0.25) is 0 Å². The molecule has 0 spiro atoms. The minimum atomic E-state index is -4.64. The molecule has 0 saturated heterocycles. The van der Waals surface area contributed by atoms with E-state index in [1.54, 1.807) is 6.07 Å². The van der Waals surface area contributed by atoms with Gasteiger partial charge in [-0.05, 0) is 18.6 Å². The second kappa shape index (κ2) is 6.37. The van der Waals surface area contributed by atoms with E-state index >= 15 is 0 Å². The zero-order valence-electron chi connectivity index (χ0n) is 9.68. The highest BCUT2D eigenvalue weighted by atomic mass is 19.4. The molecule has 0 bridgehead atoms. The van der Waals surface area contributed by atoms with Crippen LogP contribution in [-0.2, 0) is 0 Å². The van der Waals surface area contributed by atoms with Crippen molar-refractivity contribution in [3.63, 3.8) is 0 Å². The number of benzene rings is 1. The molecule has 2 nitrogen and oxygen atoms in total. The van der Waals surface area contributed by atoms with Crippen LogP contribution in [0.1, 0.15) is 26.2 Å². The number of unbranched alkanes of at least 4 members (excludes halogenated alkanes) is 2. The van der Waals surface area contributed by atoms with Crippen molar-refractivity contribution < 1.29 is 17.9 Å². The van der Waals surface area contributed by atoms with Gasteiger partial charge in [0, 0.05) is 18.3 Å². The minimum Gasteiger partial charge on any atom is -0.406 e. The first kappa shape index (κ1) is 13.7. The van der Waals surface area contributed by atoms with E-state index in [1.165, 1.54) is 18.2 Å². The predicted octanol–water partition coefficient (Wildman–Crippen LogP) is 4.19. The quantitative estimate of drug-likeness (QED) is 0.761. The highest BCUT2D eigenvalue weighted by Crippen LogP contribution is 2.24. The van der Waals surface area contributed by atoms with E-state index in [4.69, 9.17) is 0 Å². The molecule has 0 aliphatic rings. The lowest BCUT2D eigenvalue weighted by Gasteiger charge is -2.11. The summed E-state index contributed by atoms with van der Waals surface area (Å²) in [5.74, 6) is -0.196. The molecule has 0 fully saturated rings. The molecule has 1 aromatic carbocycles. The Bertz CT molecular complexity index is 339. The van der Waals surface area contributed by atoms with Gasteiger partial charge < -0.3 is 10.1 Å². The maximum atomic E-state index is 12.0. The SMILES string of the molecule is CCCCCNc1cccc(OC(F)(F)F)c1. The lowest BCUT2D eigenvalue weighted by molar-refractivity contribution is -0.274. The Balaban J connectivity index is 2.48. The molecular weight excluding hydrogens is 231 g/mol. The number of hydrogen-bond acceptors (Lipinski definition) is 2. The number of rotatable bonds is 6. The standard InChI is InChI=1S/C12H16F3NO/c1-2-3-4-8-16-10-6-5-7-11(9-10)17-12(13,14)15/h5-7,9,16H,2-4,8H2,1H3. The molecule has 0 aliphatic carbocycles. The van der Waals surface area contributed by atoms with Gasteiger partial charge in [-0.2, -0.15) is 0 Å². The molecule has 0 saturated carbocycles. The van der Waals surface area contributed by atoms with E-state index < -0.39 is 6.36 Å². The molecule has 0 aromatic heterocycles. The third kappa shape index (κ3) is 6.04. The molecule has 0 unspecified atom stereocenters. The van der Waals surface area contributed by atoms with Crippen molar-refractivity contribution in [3.8, 4) is 5.75 Å². The van der Waals surface area contributed by atoms with Crippen LogP contribution in [0.4, 0.5) is 18.9 Å². The van der Waals surface area contributed by atoms with Crippen LogP contribution in [0.2, 0.25) is 0 Å². The molecule has 1 rings (SSSR count). The van der Waals surface area contributed by atoms with Crippen molar-refractivity contribution in [1.82, 2.24) is 0 Å². The van der Waals surface area contributed by atoms with Crippen molar-refractivity contribution in [2.75, 3.05) is 11.9 Å². The van der Waals surface area contributed by atoms with Crippen molar-refractivity contribution in [1.29, 1.82) is 0 Å². The van der Waals surface area contributed by atoms with E-state index in [0.717, 1.165) is 25.8 Å². The number of nitrogens with one attached hydrogen (secondary N) is 1. The Morgan fingerprint density at radius 1 is 1.24 bits per heavy atom. The third-order valence-corrected chi connectivity index (χ3v) is 2.18. The first-order valence-electron chi connectivity index (χ1n) is 5.61. The Morgan fingerprint density at radius 2 is 2.00 bits per heavy atom. The largest absolute Gasteiger partial charge is 0.573 e. The zero-order valence-corrected chi connectivity index (χ0v) is 9.68. The average Bonchev–Trinajstić information content (AvgIpc) is 2.23. The highest BCUT2D eigenvalue weighted by molar-refractivity contribution is 5.48. The van der Waals surface area contributed by atoms with Gasteiger partial charge in [-0.1, -0.05) is 25.8 Å². The smallest absolute Gasteiger partial charge is 0.406 e. The maximum Gasteiger partial charge on any atom is 0.573 e. The summed E-state index contributed by atoms with van der Waals surface area (Å²) in [6.07, 6.45) is -1.42. The fraction of sp³-hybridized carbons (Fsp3) is 0.500. The Morgan fingerprint density at radius 3 is 2.65 bits per heavy atom. The minimum absolute atomic E-state index is 0.196. The Kier molecular flexibility index (Phi) is 5.12. The second-order valence-electron chi connectivity index (χ2n) is 3.71. The van der Waals surface area contributed by atoms with Crippen LogP contribution in [-0.4, -0.2) is 12.9 Å². The summed E-state index contributed by atoms with van der Waals surface area (Å²) < 4.78 is 39.8. The molecule has 0 radical (unpaired) electrons. The summed E-state index contributed by atoms with van der Waals surface area (Å²) in [6, 6.07) is 5.88. The van der Waals surface area contributed by atoms with Crippen LogP contribution in [0.5, 0.6) is 5.75 Å². The number of anilines is 1. The monoisotopic (exact) mass is 247 g/mol. The molecule has 0 heterocycles. The summed E-state index contributed by atoms with van der Waals surface area (Å²) in [6.45, 7) is 2.85. The van der Waals surface area contributed by atoms with Crippen LogP contribution in [0.3, 0.4) is 0 Å². The Labute approximate surface area is 98.8 Å². The number of ether oxygens (including phenoxy) is 1. The lowest BCUT2D eigenvalue weighted by Crippen LogP contribution is -2.17. The summed E-state index contributed by atoms with van der Waals surface area (Å²) in [5, 5.41) is 3.06. The van der Waals surface area contributed by atoms with Gasteiger partial charge in [-0.15, -0.1) is 13.2 Å². The van der Waals surface area contributed by atoms with Crippen LogP contribution in [0.25, 0.3) is 0 Å². The van der Waals surface area contributed by atoms with Crippen molar-refractivity contribution in [2.24, 2.45) is 0 Å². The van der Waals surface area contributed by atoms with Crippen LogP contribution in [0, 0.1) is 0 Å². The molecule has 0 aliphatic heterocycles. The van der Waals surface area contributed by atoms with Crippen molar-refractivity contribution in [3.05, 3.63) is 24.3 Å². The van der Waals surface area contributed by atoms with Crippen LogP contribution >= 0.6 is 0 Å². The van der Waals surface area contributed by atoms with Gasteiger partial charge in [0.05, 0.1) is 0 Å². The van der Waals surface area contributed by atoms with E-state index in [1.807, 2.05) is 0 Å². The molecular formula is C12H16F3NO. The second-order valence-corrected chi connectivity index (χ2v) is 3.71. The van der Waals surface area contributed by atoms with Gasteiger partial charge in [-0.3, -0.25) is 0 Å². The van der Waals surface area contributed by atoms with Gasteiger partial charge in [0.15, 0.2) is 0 Å². The zero-order chi connectivity index (χ0) is 12.7. The molecule has 1 aromatic rings. The topological polar surface area (TPSA) is 21.3 Å². The van der Waals surface area contributed by atoms with E-state index in [9.17, 15) is 13.2 Å². The van der Waals surface area contributed by atoms with Gasteiger partial charge >= 0.3 is 6.36 Å². The molecule has 0 amide bonds. The summed E-state index contributed by atoms with van der Waals surface area (Å²) in [7, 11) is 0. The molecule has 0 atom stereocenters. The van der Waals surface area contributed by atoms with E-state index in [0.29, 0.717) is 5.69 Å². The van der Waals surface area contributed by atoms with Crippen molar-refractivity contribution in [2.45, 2.75) is 32.5 Å². The summed E-state index contributed by atoms with van der Waals surface area (Å²) in [5.41, 5.74) is 0.642. The average molecular weight is 247 g/mol. The molecule has 96 valence electrons.